The summed E-state index contributed by atoms with van der Waals surface area (Å²) in [6.07, 6.45) is 0. The Morgan fingerprint density at radius 1 is 1.32 bits per heavy atom. The van der Waals surface area contributed by atoms with Gasteiger partial charge in [-0.05, 0) is 37.6 Å². The number of anilines is 1. The van der Waals surface area contributed by atoms with E-state index in [0.717, 1.165) is 17.3 Å². The molecule has 0 unspecified atom stereocenters. The van der Waals surface area contributed by atoms with Crippen LogP contribution in [0.5, 0.6) is 11.6 Å². The molecule has 0 aliphatic rings. The number of aryl methyl sites for hydroxylation is 2. The molecule has 0 bridgehead atoms. The summed E-state index contributed by atoms with van der Waals surface area (Å²) in [6, 6.07) is 7.91. The van der Waals surface area contributed by atoms with Gasteiger partial charge in [0.2, 0.25) is 5.88 Å². The predicted molar refractivity (Wildman–Crippen MR) is 69.3 cm³/mol. The molecule has 2 aromatic rings. The van der Waals surface area contributed by atoms with Gasteiger partial charge in [-0.15, -0.1) is 0 Å². The molecular formula is C14H12FN3O. The monoisotopic (exact) mass is 257 g/mol. The zero-order valence-electron chi connectivity index (χ0n) is 10.6. The fourth-order valence-corrected chi connectivity index (χ4v) is 1.70. The minimum absolute atomic E-state index is 0.0428. The van der Waals surface area contributed by atoms with Crippen molar-refractivity contribution in [3.8, 4) is 17.7 Å². The summed E-state index contributed by atoms with van der Waals surface area (Å²) in [4.78, 5) is 4.15. The molecule has 1 heterocycles. The lowest BCUT2D eigenvalue weighted by Gasteiger charge is -2.09. The first kappa shape index (κ1) is 12.8. The van der Waals surface area contributed by atoms with E-state index >= 15 is 0 Å². The van der Waals surface area contributed by atoms with Gasteiger partial charge in [0.25, 0.3) is 0 Å². The Kier molecular flexibility index (Phi) is 3.34. The van der Waals surface area contributed by atoms with Crippen molar-refractivity contribution in [3.05, 3.63) is 46.9 Å². The summed E-state index contributed by atoms with van der Waals surface area (Å²) in [5.41, 5.74) is 7.26. The fourth-order valence-electron chi connectivity index (χ4n) is 1.70. The largest absolute Gasteiger partial charge is 0.438 e. The molecule has 4 nitrogen and oxygen atoms in total. The number of benzene rings is 1. The number of halogens is 1. The van der Waals surface area contributed by atoms with Gasteiger partial charge in [-0.2, -0.15) is 5.26 Å². The molecule has 0 aliphatic heterocycles. The Balaban J connectivity index is 2.43. The van der Waals surface area contributed by atoms with E-state index in [9.17, 15) is 4.39 Å². The number of nitrogen functional groups attached to an aromatic ring is 1. The zero-order valence-corrected chi connectivity index (χ0v) is 10.6. The number of nitrogens with zero attached hydrogens (tertiary/aromatic N) is 2. The Bertz CT molecular complexity index is 677. The lowest BCUT2D eigenvalue weighted by molar-refractivity contribution is 0.455. The van der Waals surface area contributed by atoms with Crippen molar-refractivity contribution in [3.63, 3.8) is 0 Å². The van der Waals surface area contributed by atoms with E-state index in [-0.39, 0.29) is 17.3 Å². The maximum atomic E-state index is 13.3. The third-order valence-electron chi connectivity index (χ3n) is 2.61. The van der Waals surface area contributed by atoms with E-state index in [0.29, 0.717) is 5.56 Å². The second kappa shape index (κ2) is 4.94. The van der Waals surface area contributed by atoms with E-state index in [1.807, 2.05) is 6.07 Å². The Hall–Kier alpha value is -2.61. The van der Waals surface area contributed by atoms with E-state index in [4.69, 9.17) is 15.7 Å². The summed E-state index contributed by atoms with van der Waals surface area (Å²) in [7, 11) is 0. The highest BCUT2D eigenvalue weighted by Gasteiger charge is 2.11. The Labute approximate surface area is 110 Å². The summed E-state index contributed by atoms with van der Waals surface area (Å²) in [5.74, 6) is -0.148. The molecule has 2 rings (SSSR count). The van der Waals surface area contributed by atoms with Crippen LogP contribution in [0.4, 0.5) is 10.1 Å². The van der Waals surface area contributed by atoms with E-state index in [1.54, 1.807) is 19.9 Å². The second-order valence-electron chi connectivity index (χ2n) is 4.16. The predicted octanol–water partition coefficient (Wildman–Crippen LogP) is 3.08. The lowest BCUT2D eigenvalue weighted by atomic mass is 10.1. The van der Waals surface area contributed by atoms with Crippen molar-refractivity contribution in [1.82, 2.24) is 4.98 Å². The summed E-state index contributed by atoms with van der Waals surface area (Å²) < 4.78 is 18.8. The van der Waals surface area contributed by atoms with Crippen LogP contribution in [0.1, 0.15) is 16.8 Å². The summed E-state index contributed by atoms with van der Waals surface area (Å²) in [5, 5.41) is 9.10. The van der Waals surface area contributed by atoms with Gasteiger partial charge in [0.1, 0.15) is 23.2 Å². The molecule has 0 atom stereocenters. The Morgan fingerprint density at radius 3 is 2.68 bits per heavy atom. The van der Waals surface area contributed by atoms with Crippen LogP contribution in [0.25, 0.3) is 0 Å². The molecule has 0 radical (unpaired) electrons. The molecule has 5 heteroatoms. The van der Waals surface area contributed by atoms with Gasteiger partial charge in [0, 0.05) is 11.8 Å². The van der Waals surface area contributed by atoms with Gasteiger partial charge in [-0.25, -0.2) is 9.37 Å². The van der Waals surface area contributed by atoms with Crippen LogP contribution in [0.3, 0.4) is 0 Å². The fraction of sp³-hybridized carbons (Fsp3) is 0.143. The second-order valence-corrected chi connectivity index (χ2v) is 4.16. The summed E-state index contributed by atoms with van der Waals surface area (Å²) in [6.45, 7) is 3.59. The molecule has 0 aliphatic carbocycles. The van der Waals surface area contributed by atoms with Crippen molar-refractivity contribution in [2.45, 2.75) is 13.8 Å². The highest BCUT2D eigenvalue weighted by atomic mass is 19.1. The first-order chi connectivity index (χ1) is 9.01. The number of hydrogen-bond acceptors (Lipinski definition) is 4. The van der Waals surface area contributed by atoms with Gasteiger partial charge in [-0.1, -0.05) is 0 Å². The van der Waals surface area contributed by atoms with Gasteiger partial charge in [0.05, 0.1) is 5.69 Å². The molecule has 96 valence electrons. The van der Waals surface area contributed by atoms with Gasteiger partial charge in [0.15, 0.2) is 0 Å². The maximum Gasteiger partial charge on any atom is 0.237 e. The quantitative estimate of drug-likeness (QED) is 0.839. The van der Waals surface area contributed by atoms with Crippen LogP contribution in [0, 0.1) is 31.0 Å². The van der Waals surface area contributed by atoms with E-state index < -0.39 is 5.82 Å². The normalized spacial score (nSPS) is 10.0. The first-order valence-electron chi connectivity index (χ1n) is 5.62. The molecule has 2 N–H and O–H groups in total. The average molecular weight is 257 g/mol. The van der Waals surface area contributed by atoms with Crippen LogP contribution in [0.15, 0.2) is 24.3 Å². The van der Waals surface area contributed by atoms with Crippen LogP contribution in [-0.4, -0.2) is 4.98 Å². The number of ether oxygens (including phenoxy) is 1. The minimum atomic E-state index is -0.569. The highest BCUT2D eigenvalue weighted by molar-refractivity contribution is 5.48. The van der Waals surface area contributed by atoms with E-state index in [2.05, 4.69) is 4.98 Å². The van der Waals surface area contributed by atoms with Crippen LogP contribution in [0.2, 0.25) is 0 Å². The van der Waals surface area contributed by atoms with Crippen molar-refractivity contribution in [1.29, 1.82) is 5.26 Å². The molecule has 0 saturated heterocycles. The smallest absolute Gasteiger partial charge is 0.237 e. The molecule has 1 aromatic heterocycles. The maximum absolute atomic E-state index is 13.3. The van der Waals surface area contributed by atoms with Crippen molar-refractivity contribution >= 4 is 5.69 Å². The number of nitrogens with two attached hydrogens (primary N) is 1. The summed E-state index contributed by atoms with van der Waals surface area (Å²) >= 11 is 0. The standard InChI is InChI=1S/C14H12FN3O/c1-8-5-9(2)18-14(11(8)7-16)19-10-3-4-13(17)12(15)6-10/h3-6H,17H2,1-2H3. The molecule has 0 amide bonds. The van der Waals surface area contributed by atoms with Crippen molar-refractivity contribution < 1.29 is 9.13 Å². The highest BCUT2D eigenvalue weighted by Crippen LogP contribution is 2.27. The zero-order chi connectivity index (χ0) is 14.0. The first-order valence-corrected chi connectivity index (χ1v) is 5.62. The van der Waals surface area contributed by atoms with E-state index in [1.165, 1.54) is 12.1 Å². The number of aromatic nitrogens is 1. The van der Waals surface area contributed by atoms with Crippen LogP contribution >= 0.6 is 0 Å². The van der Waals surface area contributed by atoms with Crippen LogP contribution in [-0.2, 0) is 0 Å². The third kappa shape index (κ3) is 2.63. The number of hydrogen-bond donors (Lipinski definition) is 1. The SMILES string of the molecule is Cc1cc(C)c(C#N)c(Oc2ccc(N)c(F)c2)n1. The number of pyridine rings is 1. The molecule has 0 spiro atoms. The van der Waals surface area contributed by atoms with Crippen molar-refractivity contribution in [2.75, 3.05) is 5.73 Å². The third-order valence-corrected chi connectivity index (χ3v) is 2.61. The average Bonchev–Trinajstić information content (AvgIpc) is 2.33. The molecule has 1 aromatic carbocycles. The van der Waals surface area contributed by atoms with Gasteiger partial charge >= 0.3 is 0 Å². The topological polar surface area (TPSA) is 71.9 Å². The van der Waals surface area contributed by atoms with Crippen LogP contribution < -0.4 is 10.5 Å². The number of rotatable bonds is 2. The molecule has 0 saturated carbocycles. The lowest BCUT2D eigenvalue weighted by Crippen LogP contribution is -1.98. The van der Waals surface area contributed by atoms with Crippen molar-refractivity contribution in [2.24, 2.45) is 0 Å². The van der Waals surface area contributed by atoms with Gasteiger partial charge in [-0.3, -0.25) is 0 Å². The molecular weight excluding hydrogens is 245 g/mol. The minimum Gasteiger partial charge on any atom is -0.438 e. The number of nitriles is 1. The van der Waals surface area contributed by atoms with Gasteiger partial charge < -0.3 is 10.5 Å². The molecule has 19 heavy (non-hydrogen) atoms. The Morgan fingerprint density at radius 2 is 2.05 bits per heavy atom. The molecule has 0 fully saturated rings.